The summed E-state index contributed by atoms with van der Waals surface area (Å²) < 4.78 is 82.3. The van der Waals surface area contributed by atoms with Crippen molar-refractivity contribution in [3.05, 3.63) is 75.4 Å². The number of carbonyl (C=O) groups is 1. The third-order valence-corrected chi connectivity index (χ3v) is 8.04. The van der Waals surface area contributed by atoms with Gasteiger partial charge in [0.25, 0.3) is 10.0 Å². The van der Waals surface area contributed by atoms with E-state index in [4.69, 9.17) is 11.6 Å². The number of hydrogen-bond donors (Lipinski definition) is 1. The average molecular weight is 545 g/mol. The smallest absolute Gasteiger partial charge is 0.337 e. The van der Waals surface area contributed by atoms with Crippen molar-refractivity contribution in [2.45, 2.75) is 37.5 Å². The van der Waals surface area contributed by atoms with E-state index >= 15 is 0 Å². The van der Waals surface area contributed by atoms with Gasteiger partial charge in [-0.2, -0.15) is 17.5 Å². The molecule has 0 fully saturated rings. The molecule has 0 atom stereocenters. The molecule has 0 aliphatic carbocycles. The highest BCUT2D eigenvalue weighted by molar-refractivity contribution is 7.89. The van der Waals surface area contributed by atoms with Crippen molar-refractivity contribution in [2.24, 2.45) is 7.05 Å². The van der Waals surface area contributed by atoms with Crippen molar-refractivity contribution in [1.82, 2.24) is 13.9 Å². The van der Waals surface area contributed by atoms with Crippen molar-refractivity contribution in [1.29, 1.82) is 0 Å². The van der Waals surface area contributed by atoms with E-state index in [0.29, 0.717) is 23.0 Å². The number of rotatable bonds is 5. The van der Waals surface area contributed by atoms with Gasteiger partial charge in [0.05, 0.1) is 22.7 Å². The highest BCUT2D eigenvalue weighted by Gasteiger charge is 2.35. The number of aryl methyl sites for hydroxylation is 2. The lowest BCUT2D eigenvalue weighted by Crippen LogP contribution is -2.36. The van der Waals surface area contributed by atoms with Gasteiger partial charge < -0.3 is 9.88 Å². The van der Waals surface area contributed by atoms with Crippen LogP contribution in [-0.2, 0) is 47.4 Å². The van der Waals surface area contributed by atoms with Gasteiger partial charge in [0.2, 0.25) is 5.91 Å². The third-order valence-electron chi connectivity index (χ3n) is 6.01. The average Bonchev–Trinajstić information content (AvgIpc) is 3.15. The topological polar surface area (TPSA) is 84.3 Å². The number of aromatic nitrogens is 2. The fraction of sp³-hybridized carbons (Fsp3) is 0.304. The molecule has 192 valence electrons. The molecule has 13 heteroatoms. The predicted molar refractivity (Wildman–Crippen MR) is 124 cm³/mol. The van der Waals surface area contributed by atoms with Gasteiger partial charge in [0, 0.05) is 26.3 Å². The van der Waals surface area contributed by atoms with Gasteiger partial charge >= 0.3 is 6.18 Å². The van der Waals surface area contributed by atoms with E-state index < -0.39 is 45.5 Å². The molecule has 4 rings (SSSR count). The standard InChI is InChI=1S/C23H21ClF4N4O3S/c1-13-29-20(12-31(13)2)36(34,35)32-9-8-16-15(11-32)6-7-18(24)22(16)30-19(33)10-14-4-3-5-17(21(14)25)23(26,27)28/h3-7,12H,8-11H2,1-2H3,(H,30,33). The molecule has 1 aliphatic rings. The Morgan fingerprint density at radius 2 is 1.94 bits per heavy atom. The number of imidazole rings is 1. The van der Waals surface area contributed by atoms with Crippen LogP contribution in [-0.4, -0.2) is 34.7 Å². The predicted octanol–water partition coefficient (Wildman–Crippen LogP) is 4.47. The number of fused-ring (bicyclic) bond motifs is 1. The van der Waals surface area contributed by atoms with Crippen molar-refractivity contribution in [2.75, 3.05) is 11.9 Å². The molecule has 3 aromatic rings. The number of carbonyl (C=O) groups excluding carboxylic acids is 1. The Morgan fingerprint density at radius 3 is 2.58 bits per heavy atom. The zero-order valence-electron chi connectivity index (χ0n) is 19.2. The fourth-order valence-electron chi connectivity index (χ4n) is 4.02. The summed E-state index contributed by atoms with van der Waals surface area (Å²) in [4.78, 5) is 16.7. The number of benzene rings is 2. The van der Waals surface area contributed by atoms with Crippen LogP contribution in [0.2, 0.25) is 5.02 Å². The Kier molecular flexibility index (Phi) is 6.88. The summed E-state index contributed by atoms with van der Waals surface area (Å²) in [6, 6.07) is 5.87. The fourth-order valence-corrected chi connectivity index (χ4v) is 5.68. The maximum atomic E-state index is 14.3. The van der Waals surface area contributed by atoms with Gasteiger partial charge in [-0.25, -0.2) is 17.8 Å². The molecule has 36 heavy (non-hydrogen) atoms. The van der Waals surface area contributed by atoms with E-state index in [9.17, 15) is 30.8 Å². The molecule has 0 unspecified atom stereocenters. The minimum Gasteiger partial charge on any atom is -0.337 e. The molecule has 2 aromatic carbocycles. The van der Waals surface area contributed by atoms with E-state index in [-0.39, 0.29) is 35.2 Å². The van der Waals surface area contributed by atoms with E-state index in [1.54, 1.807) is 24.6 Å². The molecule has 0 bridgehead atoms. The Balaban J connectivity index is 1.56. The van der Waals surface area contributed by atoms with Gasteiger partial charge in [0.15, 0.2) is 5.03 Å². The van der Waals surface area contributed by atoms with Crippen LogP contribution in [0.25, 0.3) is 0 Å². The van der Waals surface area contributed by atoms with Crippen molar-refractivity contribution >= 4 is 33.2 Å². The molecule has 0 radical (unpaired) electrons. The Bertz CT molecular complexity index is 1430. The monoisotopic (exact) mass is 544 g/mol. The lowest BCUT2D eigenvalue weighted by molar-refractivity contribution is -0.140. The maximum absolute atomic E-state index is 14.3. The maximum Gasteiger partial charge on any atom is 0.419 e. The second kappa shape index (κ2) is 9.49. The minimum atomic E-state index is -4.89. The van der Waals surface area contributed by atoms with Crippen LogP contribution >= 0.6 is 11.6 Å². The van der Waals surface area contributed by atoms with Crippen molar-refractivity contribution in [3.8, 4) is 0 Å². The van der Waals surface area contributed by atoms with Gasteiger partial charge in [0.1, 0.15) is 11.6 Å². The SMILES string of the molecule is Cc1nc(S(=O)(=O)N2CCc3c(ccc(Cl)c3NC(=O)Cc3cccc(C(F)(F)F)c3F)C2)cn1C. The summed E-state index contributed by atoms with van der Waals surface area (Å²) in [5.41, 5.74) is -0.442. The lowest BCUT2D eigenvalue weighted by Gasteiger charge is -2.29. The molecule has 0 saturated heterocycles. The van der Waals surface area contributed by atoms with Crippen LogP contribution in [0.15, 0.2) is 41.6 Å². The van der Waals surface area contributed by atoms with Crippen LogP contribution in [0.1, 0.15) is 28.1 Å². The summed E-state index contributed by atoms with van der Waals surface area (Å²) in [7, 11) is -2.18. The van der Waals surface area contributed by atoms with Gasteiger partial charge in [-0.1, -0.05) is 29.8 Å². The number of hydrogen-bond acceptors (Lipinski definition) is 4. The zero-order valence-corrected chi connectivity index (χ0v) is 20.7. The number of halogens is 5. The highest BCUT2D eigenvalue weighted by Crippen LogP contribution is 2.35. The minimum absolute atomic E-state index is 0.00951. The zero-order chi connectivity index (χ0) is 26.4. The largest absolute Gasteiger partial charge is 0.419 e. The van der Waals surface area contributed by atoms with Crippen LogP contribution in [0, 0.1) is 12.7 Å². The van der Waals surface area contributed by atoms with E-state index in [1.165, 1.54) is 16.6 Å². The highest BCUT2D eigenvalue weighted by atomic mass is 35.5. The number of sulfonamides is 1. The van der Waals surface area contributed by atoms with Gasteiger partial charge in [-0.05, 0) is 42.2 Å². The molecule has 1 aliphatic heterocycles. The van der Waals surface area contributed by atoms with Gasteiger partial charge in [-0.3, -0.25) is 4.79 Å². The number of alkyl halides is 3. The Morgan fingerprint density at radius 1 is 1.22 bits per heavy atom. The molecule has 2 heterocycles. The Hall–Kier alpha value is -2.96. The molecule has 1 aromatic heterocycles. The van der Waals surface area contributed by atoms with Crippen LogP contribution in [0.5, 0.6) is 0 Å². The second-order valence-electron chi connectivity index (χ2n) is 8.39. The molecule has 1 N–H and O–H groups in total. The summed E-state index contributed by atoms with van der Waals surface area (Å²) >= 11 is 6.28. The number of nitrogens with one attached hydrogen (secondary N) is 1. The molecule has 1 amide bonds. The first kappa shape index (κ1) is 26.1. The molecular weight excluding hydrogens is 524 g/mol. The summed E-state index contributed by atoms with van der Waals surface area (Å²) in [5, 5.41) is 2.66. The lowest BCUT2D eigenvalue weighted by atomic mass is 9.98. The van der Waals surface area contributed by atoms with E-state index in [2.05, 4.69) is 10.3 Å². The Labute approximate surface area is 209 Å². The summed E-state index contributed by atoms with van der Waals surface area (Å²) in [6.45, 7) is 1.79. The number of anilines is 1. The molecule has 0 spiro atoms. The van der Waals surface area contributed by atoms with Crippen molar-refractivity contribution < 1.29 is 30.8 Å². The van der Waals surface area contributed by atoms with Crippen LogP contribution in [0.3, 0.4) is 0 Å². The van der Waals surface area contributed by atoms with Crippen LogP contribution in [0.4, 0.5) is 23.2 Å². The number of nitrogens with zero attached hydrogens (tertiary/aromatic N) is 3. The normalized spacial score (nSPS) is 14.5. The molecular formula is C23H21ClF4N4O3S. The third kappa shape index (κ3) is 4.97. The van der Waals surface area contributed by atoms with E-state index in [1.807, 2.05) is 0 Å². The molecule has 0 saturated carbocycles. The van der Waals surface area contributed by atoms with Gasteiger partial charge in [-0.15, -0.1) is 0 Å². The van der Waals surface area contributed by atoms with Crippen LogP contribution < -0.4 is 5.32 Å². The van der Waals surface area contributed by atoms with E-state index in [0.717, 1.165) is 12.1 Å². The first-order chi connectivity index (χ1) is 16.8. The first-order valence-electron chi connectivity index (χ1n) is 10.7. The quantitative estimate of drug-likeness (QED) is 0.481. The van der Waals surface area contributed by atoms with Crippen molar-refractivity contribution in [3.63, 3.8) is 0 Å². The first-order valence-corrected chi connectivity index (χ1v) is 12.6. The summed E-state index contributed by atoms with van der Waals surface area (Å²) in [6.07, 6.45) is -3.89. The number of amides is 1. The summed E-state index contributed by atoms with van der Waals surface area (Å²) in [5.74, 6) is -1.73. The second-order valence-corrected chi connectivity index (χ2v) is 10.7. The molecule has 7 nitrogen and oxygen atoms in total.